The summed E-state index contributed by atoms with van der Waals surface area (Å²) in [6.45, 7) is 3.35. The lowest BCUT2D eigenvalue weighted by Gasteiger charge is -2.46. The van der Waals surface area contributed by atoms with Crippen molar-refractivity contribution < 1.29 is 27.5 Å². The largest absolute Gasteiger partial charge is 0.493 e. The Balaban J connectivity index is 1.94. The molecular formula is C24H31N3O6S. The first-order chi connectivity index (χ1) is 16.0. The molecule has 1 atom stereocenters. The summed E-state index contributed by atoms with van der Waals surface area (Å²) in [7, 11) is -0.681. The van der Waals surface area contributed by atoms with Gasteiger partial charge in [0, 0.05) is 18.7 Å². The predicted molar refractivity (Wildman–Crippen MR) is 128 cm³/mol. The third kappa shape index (κ3) is 5.34. The van der Waals surface area contributed by atoms with Crippen molar-refractivity contribution in [1.29, 1.82) is 0 Å². The number of carbonyl (C=O) groups is 2. The molecule has 0 bridgehead atoms. The number of hydrogen-bond donors (Lipinski definition) is 1. The number of amides is 2. The lowest BCUT2D eigenvalue weighted by molar-refractivity contribution is -0.153. The third-order valence-electron chi connectivity index (χ3n) is 6.04. The molecule has 2 aromatic carbocycles. The van der Waals surface area contributed by atoms with Crippen LogP contribution < -0.4 is 14.8 Å². The molecule has 2 aromatic rings. The molecule has 10 heteroatoms. The number of nitrogens with zero attached hydrogens (tertiary/aromatic N) is 2. The SMILES string of the molecule is COc1cccc(CN2C(=O)CN(S(C)(=O)=O)C[C@]2(C)C(=O)NCc2ccc(C)cc2)c1OC. The fourth-order valence-corrected chi connectivity index (χ4v) is 4.85. The molecule has 2 amide bonds. The minimum Gasteiger partial charge on any atom is -0.493 e. The van der Waals surface area contributed by atoms with E-state index < -0.39 is 27.4 Å². The Morgan fingerprint density at radius 2 is 1.79 bits per heavy atom. The minimum atomic E-state index is -3.69. The maximum Gasteiger partial charge on any atom is 0.247 e. The fraction of sp³-hybridized carbons (Fsp3) is 0.417. The van der Waals surface area contributed by atoms with Crippen LogP contribution in [0.5, 0.6) is 11.5 Å². The Bertz CT molecular complexity index is 1170. The number of rotatable bonds is 8. The van der Waals surface area contributed by atoms with E-state index in [4.69, 9.17) is 9.47 Å². The van der Waals surface area contributed by atoms with Crippen LogP contribution in [0.2, 0.25) is 0 Å². The molecule has 1 heterocycles. The van der Waals surface area contributed by atoms with Gasteiger partial charge in [0.05, 0.1) is 33.6 Å². The van der Waals surface area contributed by atoms with E-state index in [1.807, 2.05) is 31.2 Å². The zero-order valence-electron chi connectivity index (χ0n) is 20.1. The van der Waals surface area contributed by atoms with Gasteiger partial charge in [-0.15, -0.1) is 0 Å². The highest BCUT2D eigenvalue weighted by Crippen LogP contribution is 2.34. The van der Waals surface area contributed by atoms with Crippen molar-refractivity contribution in [3.05, 3.63) is 59.2 Å². The van der Waals surface area contributed by atoms with Crippen LogP contribution in [0.3, 0.4) is 0 Å². The number of para-hydroxylation sites is 1. The van der Waals surface area contributed by atoms with E-state index in [1.165, 1.54) is 19.1 Å². The molecule has 0 spiro atoms. The van der Waals surface area contributed by atoms with Gasteiger partial charge in [0.2, 0.25) is 21.8 Å². The van der Waals surface area contributed by atoms with E-state index >= 15 is 0 Å². The number of carbonyl (C=O) groups excluding carboxylic acids is 2. The molecule has 0 radical (unpaired) electrons. The van der Waals surface area contributed by atoms with Crippen LogP contribution in [0, 0.1) is 6.92 Å². The number of piperazine rings is 1. The topological polar surface area (TPSA) is 105 Å². The maximum absolute atomic E-state index is 13.5. The normalized spacial score (nSPS) is 19.1. The average molecular weight is 490 g/mol. The van der Waals surface area contributed by atoms with Gasteiger partial charge in [-0.3, -0.25) is 9.59 Å². The standard InChI is InChI=1S/C24H31N3O6S/c1-17-9-11-18(12-10-17)13-25-23(29)24(2)16-26(34(5,30)31)15-21(28)27(24)14-19-7-6-8-20(32-3)22(19)33-4/h6-12H,13-16H2,1-5H3,(H,25,29)/t24-/m1/s1. The molecule has 1 aliphatic heterocycles. The van der Waals surface area contributed by atoms with Crippen molar-refractivity contribution in [2.24, 2.45) is 0 Å². The Hall–Kier alpha value is -3.11. The number of benzene rings is 2. The van der Waals surface area contributed by atoms with Gasteiger partial charge < -0.3 is 19.7 Å². The summed E-state index contributed by atoms with van der Waals surface area (Å²) in [5, 5.41) is 2.88. The Morgan fingerprint density at radius 3 is 2.38 bits per heavy atom. The smallest absolute Gasteiger partial charge is 0.247 e. The first-order valence-corrected chi connectivity index (χ1v) is 12.6. The van der Waals surface area contributed by atoms with Gasteiger partial charge in [-0.1, -0.05) is 42.0 Å². The zero-order valence-corrected chi connectivity index (χ0v) is 20.9. The van der Waals surface area contributed by atoms with E-state index in [1.54, 1.807) is 25.1 Å². The van der Waals surface area contributed by atoms with Gasteiger partial charge in [-0.25, -0.2) is 8.42 Å². The highest BCUT2D eigenvalue weighted by Gasteiger charge is 2.49. The van der Waals surface area contributed by atoms with Crippen LogP contribution in [0.15, 0.2) is 42.5 Å². The van der Waals surface area contributed by atoms with Gasteiger partial charge in [0.1, 0.15) is 5.54 Å². The van der Waals surface area contributed by atoms with Crippen molar-refractivity contribution in [2.45, 2.75) is 32.5 Å². The van der Waals surface area contributed by atoms with Crippen molar-refractivity contribution in [2.75, 3.05) is 33.6 Å². The number of nitrogens with one attached hydrogen (secondary N) is 1. The van der Waals surface area contributed by atoms with E-state index in [2.05, 4.69) is 5.32 Å². The molecule has 0 aliphatic carbocycles. The molecule has 1 aliphatic rings. The van der Waals surface area contributed by atoms with Crippen molar-refractivity contribution in [3.63, 3.8) is 0 Å². The third-order valence-corrected chi connectivity index (χ3v) is 7.23. The molecule has 1 saturated heterocycles. The van der Waals surface area contributed by atoms with Crippen LogP contribution in [0.25, 0.3) is 0 Å². The summed E-state index contributed by atoms with van der Waals surface area (Å²) in [5.41, 5.74) is 1.19. The van der Waals surface area contributed by atoms with Gasteiger partial charge in [0.25, 0.3) is 0 Å². The molecule has 184 valence electrons. The Labute approximate surface area is 200 Å². The molecule has 1 N–H and O–H groups in total. The van der Waals surface area contributed by atoms with Gasteiger partial charge in [-0.05, 0) is 25.5 Å². The molecule has 34 heavy (non-hydrogen) atoms. The molecule has 0 aromatic heterocycles. The van der Waals surface area contributed by atoms with Crippen LogP contribution >= 0.6 is 0 Å². The Kier molecular flexibility index (Phi) is 7.52. The van der Waals surface area contributed by atoms with Gasteiger partial charge in [-0.2, -0.15) is 4.31 Å². The molecular weight excluding hydrogens is 458 g/mol. The second kappa shape index (κ2) is 10.0. The monoisotopic (exact) mass is 489 g/mol. The van der Waals surface area contributed by atoms with Crippen LogP contribution in [0.1, 0.15) is 23.6 Å². The quantitative estimate of drug-likeness (QED) is 0.605. The van der Waals surface area contributed by atoms with E-state index in [0.29, 0.717) is 17.1 Å². The first kappa shape index (κ1) is 25.5. The highest BCUT2D eigenvalue weighted by molar-refractivity contribution is 7.88. The van der Waals surface area contributed by atoms with E-state index in [9.17, 15) is 18.0 Å². The minimum absolute atomic E-state index is 0.0469. The Morgan fingerprint density at radius 1 is 1.12 bits per heavy atom. The van der Waals surface area contributed by atoms with Crippen LogP contribution in [-0.2, 0) is 32.7 Å². The molecule has 0 unspecified atom stereocenters. The summed E-state index contributed by atoms with van der Waals surface area (Å²) in [6, 6.07) is 13.0. The second-order valence-electron chi connectivity index (χ2n) is 8.61. The number of methoxy groups -OCH3 is 2. The van der Waals surface area contributed by atoms with E-state index in [-0.39, 0.29) is 26.2 Å². The zero-order chi connectivity index (χ0) is 25.1. The van der Waals surface area contributed by atoms with Crippen molar-refractivity contribution in [3.8, 4) is 11.5 Å². The summed E-state index contributed by atoms with van der Waals surface area (Å²) in [6.07, 6.45) is 1.03. The molecule has 1 fully saturated rings. The maximum atomic E-state index is 13.5. The lowest BCUT2D eigenvalue weighted by atomic mass is 9.94. The van der Waals surface area contributed by atoms with Crippen molar-refractivity contribution >= 4 is 21.8 Å². The average Bonchev–Trinajstić information content (AvgIpc) is 2.79. The first-order valence-electron chi connectivity index (χ1n) is 10.8. The van der Waals surface area contributed by atoms with Crippen molar-refractivity contribution in [1.82, 2.24) is 14.5 Å². The summed E-state index contributed by atoms with van der Waals surface area (Å²) in [4.78, 5) is 28.1. The molecule has 9 nitrogen and oxygen atoms in total. The van der Waals surface area contributed by atoms with Gasteiger partial charge >= 0.3 is 0 Å². The molecule has 0 saturated carbocycles. The van der Waals surface area contributed by atoms with Crippen LogP contribution in [-0.4, -0.2) is 68.5 Å². The lowest BCUT2D eigenvalue weighted by Crippen LogP contribution is -2.69. The number of ether oxygens (including phenoxy) is 2. The fourth-order valence-electron chi connectivity index (χ4n) is 4.01. The number of aryl methyl sites for hydroxylation is 1. The summed E-state index contributed by atoms with van der Waals surface area (Å²) < 4.78 is 36.5. The highest BCUT2D eigenvalue weighted by atomic mass is 32.2. The summed E-state index contributed by atoms with van der Waals surface area (Å²) >= 11 is 0. The second-order valence-corrected chi connectivity index (χ2v) is 10.6. The number of hydrogen-bond acceptors (Lipinski definition) is 6. The summed E-state index contributed by atoms with van der Waals surface area (Å²) in [5.74, 6) is 0.0182. The predicted octanol–water partition coefficient (Wildman–Crippen LogP) is 1.69. The molecule has 3 rings (SSSR count). The van der Waals surface area contributed by atoms with Crippen LogP contribution in [0.4, 0.5) is 0 Å². The van der Waals surface area contributed by atoms with Gasteiger partial charge in [0.15, 0.2) is 11.5 Å². The van der Waals surface area contributed by atoms with E-state index in [0.717, 1.165) is 21.7 Å². The number of sulfonamides is 1.